The second-order valence-electron chi connectivity index (χ2n) is 8.14. The Balaban J connectivity index is 1.89. The molecule has 0 saturated carbocycles. The summed E-state index contributed by atoms with van der Waals surface area (Å²) in [5.74, 6) is 0. The Morgan fingerprint density at radius 2 is 1.64 bits per heavy atom. The van der Waals surface area contributed by atoms with Gasteiger partial charge in [0, 0.05) is 30.6 Å². The average Bonchev–Trinajstić information content (AvgIpc) is 3.06. The Labute approximate surface area is 156 Å². The monoisotopic (exact) mass is 397 g/mol. The molecule has 2 aliphatic heterocycles. The van der Waals surface area contributed by atoms with Gasteiger partial charge in [0.15, 0.2) is 8.32 Å². The smallest absolute Gasteiger partial charge is 0.414 e. The van der Waals surface area contributed by atoms with Crippen molar-refractivity contribution >= 4 is 16.6 Å². The molecule has 2 aliphatic rings. The van der Waals surface area contributed by atoms with Gasteiger partial charge in [-0.15, -0.1) is 9.05 Å². The summed E-state index contributed by atoms with van der Waals surface area (Å²) in [5.41, 5.74) is 0. The lowest BCUT2D eigenvalue weighted by Gasteiger charge is -2.37. The van der Waals surface area contributed by atoms with E-state index in [1.165, 1.54) is 0 Å². The molecule has 4 unspecified atom stereocenters. The summed E-state index contributed by atoms with van der Waals surface area (Å²) in [6, 6.07) is 0. The summed E-state index contributed by atoms with van der Waals surface area (Å²) < 4.78 is 56.3. The zero-order valence-electron chi connectivity index (χ0n) is 18.2. The minimum Gasteiger partial charge on any atom is -0.414 e. The van der Waals surface area contributed by atoms with Gasteiger partial charge in [-0.25, -0.2) is 0 Å². The van der Waals surface area contributed by atoms with E-state index in [-0.39, 0.29) is 11.1 Å². The Morgan fingerprint density at radius 3 is 2.16 bits per heavy atom. The standard InChI is InChI=1S/C17H34O6PSi/c1-7-13-14(8-10-19-13)22-24(18)23-15-9-11-20-16(15)12-21-25(5,6)17(2,3)4/h13-16H,7-12H2,1-6H3/q+1/t13-,14-,15?,16-/m1/s1/i10T,11T/t10?,11?,13-,14-,15?,16-. The van der Waals surface area contributed by atoms with Crippen molar-refractivity contribution in [3.63, 3.8) is 0 Å². The molecule has 8 heteroatoms. The van der Waals surface area contributed by atoms with E-state index in [2.05, 4.69) is 33.9 Å². The normalized spacial score (nSPS) is 38.6. The maximum atomic E-state index is 12.4. The summed E-state index contributed by atoms with van der Waals surface area (Å²) >= 11 is 0. The molecule has 146 valence electrons. The van der Waals surface area contributed by atoms with Crippen LogP contribution >= 0.6 is 8.25 Å². The first-order valence-electron chi connectivity index (χ1n) is 10.2. The van der Waals surface area contributed by atoms with Crippen LogP contribution in [0.5, 0.6) is 0 Å². The lowest BCUT2D eigenvalue weighted by molar-refractivity contribution is 0.00545. The fourth-order valence-corrected chi connectivity index (χ4v) is 4.46. The second kappa shape index (κ2) is 8.87. The first kappa shape index (κ1) is 18.5. The lowest BCUT2D eigenvalue weighted by atomic mass is 10.1. The Kier molecular flexibility index (Phi) is 6.56. The largest absolute Gasteiger partial charge is 0.698 e. The van der Waals surface area contributed by atoms with Crippen LogP contribution in [0.1, 0.15) is 49.7 Å². The first-order valence-corrected chi connectivity index (χ1v) is 13.0. The lowest BCUT2D eigenvalue weighted by Crippen LogP contribution is -2.44. The third-order valence-corrected chi connectivity index (χ3v) is 10.7. The van der Waals surface area contributed by atoms with Gasteiger partial charge in [0.2, 0.25) is 0 Å². The van der Waals surface area contributed by atoms with Crippen molar-refractivity contribution in [2.45, 2.75) is 89.5 Å². The van der Waals surface area contributed by atoms with E-state index in [0.29, 0.717) is 25.9 Å². The van der Waals surface area contributed by atoms with Crippen LogP contribution in [0.4, 0.5) is 0 Å². The van der Waals surface area contributed by atoms with Crippen molar-refractivity contribution in [3.05, 3.63) is 0 Å². The summed E-state index contributed by atoms with van der Waals surface area (Å²) in [5, 5.41) is 0.0705. The second-order valence-corrected chi connectivity index (χ2v) is 13.8. The minimum atomic E-state index is -2.38. The number of hydrogen-bond acceptors (Lipinski definition) is 6. The van der Waals surface area contributed by atoms with Crippen molar-refractivity contribution in [2.24, 2.45) is 0 Å². The molecular formula is C17H34O6PSi+. The zero-order chi connectivity index (χ0) is 20.4. The molecule has 2 saturated heterocycles. The number of ether oxygens (including phenoxy) is 2. The molecule has 0 spiro atoms. The molecule has 7 atom stereocenters. The van der Waals surface area contributed by atoms with Gasteiger partial charge in [-0.05, 0) is 24.6 Å². The summed E-state index contributed by atoms with van der Waals surface area (Å²) in [6.07, 6.45) is -0.190. The summed E-state index contributed by atoms with van der Waals surface area (Å²) in [7, 11) is -4.34. The molecule has 0 aromatic heterocycles. The van der Waals surface area contributed by atoms with E-state index >= 15 is 0 Å². The molecule has 25 heavy (non-hydrogen) atoms. The molecule has 2 heterocycles. The minimum absolute atomic E-state index is 0.0705. The van der Waals surface area contributed by atoms with E-state index in [0.717, 1.165) is 0 Å². The quantitative estimate of drug-likeness (QED) is 0.446. The molecule has 0 aliphatic carbocycles. The van der Waals surface area contributed by atoms with Crippen molar-refractivity contribution in [3.8, 4) is 0 Å². The van der Waals surface area contributed by atoms with E-state index in [1.807, 2.05) is 6.92 Å². The van der Waals surface area contributed by atoms with Gasteiger partial charge in [-0.3, -0.25) is 0 Å². The van der Waals surface area contributed by atoms with E-state index in [9.17, 15) is 4.57 Å². The molecule has 0 radical (unpaired) electrons. The third-order valence-electron chi connectivity index (χ3n) is 5.29. The number of rotatable bonds is 8. The van der Waals surface area contributed by atoms with Crippen LogP contribution < -0.4 is 0 Å². The van der Waals surface area contributed by atoms with Crippen molar-refractivity contribution in [1.29, 1.82) is 0 Å². The predicted molar refractivity (Wildman–Crippen MR) is 99.5 cm³/mol. The van der Waals surface area contributed by atoms with Gasteiger partial charge < -0.3 is 13.9 Å². The third kappa shape index (κ3) is 5.80. The summed E-state index contributed by atoms with van der Waals surface area (Å²) in [6.45, 7) is 11.7. The van der Waals surface area contributed by atoms with Gasteiger partial charge in [0.25, 0.3) is 0 Å². The summed E-state index contributed by atoms with van der Waals surface area (Å²) in [4.78, 5) is 0. The van der Waals surface area contributed by atoms with E-state index in [1.54, 1.807) is 0 Å². The zero-order valence-corrected chi connectivity index (χ0v) is 18.1. The van der Waals surface area contributed by atoms with Gasteiger partial charge in [-0.2, -0.15) is 0 Å². The van der Waals surface area contributed by atoms with Gasteiger partial charge >= 0.3 is 8.25 Å². The Bertz CT molecular complexity index is 518. The maximum absolute atomic E-state index is 12.4. The van der Waals surface area contributed by atoms with Crippen molar-refractivity contribution in [1.82, 2.24) is 0 Å². The van der Waals surface area contributed by atoms with Crippen LogP contribution in [-0.4, -0.2) is 52.5 Å². The van der Waals surface area contributed by atoms with Crippen molar-refractivity contribution < 1.29 is 30.3 Å². The predicted octanol–water partition coefficient (Wildman–Crippen LogP) is 4.42. The molecule has 0 aromatic rings. The molecular weight excluding hydrogens is 359 g/mol. The molecule has 6 nitrogen and oxygen atoms in total. The van der Waals surface area contributed by atoms with Crippen molar-refractivity contribution in [2.75, 3.05) is 19.8 Å². The van der Waals surface area contributed by atoms with Gasteiger partial charge in [0.1, 0.15) is 18.3 Å². The maximum Gasteiger partial charge on any atom is 0.698 e. The fraction of sp³-hybridized carbons (Fsp3) is 1.00. The van der Waals surface area contributed by atoms with Gasteiger partial charge in [0.05, 0.1) is 15.5 Å². The average molecular weight is 398 g/mol. The van der Waals surface area contributed by atoms with E-state index < -0.39 is 48.1 Å². The highest BCUT2D eigenvalue weighted by Crippen LogP contribution is 2.39. The Morgan fingerprint density at radius 1 is 1.12 bits per heavy atom. The first-order chi connectivity index (χ1) is 12.4. The Hall–Kier alpha value is 0.117. The van der Waals surface area contributed by atoms with Crippen LogP contribution in [0.25, 0.3) is 0 Å². The van der Waals surface area contributed by atoms with Crippen LogP contribution in [-0.2, 0) is 27.5 Å². The van der Waals surface area contributed by atoms with Crippen LogP contribution in [0.3, 0.4) is 0 Å². The topological polar surface area (TPSA) is 63.2 Å². The molecule has 0 bridgehead atoms. The molecule has 0 N–H and O–H groups in total. The highest BCUT2D eigenvalue weighted by molar-refractivity contribution is 7.33. The fourth-order valence-electron chi connectivity index (χ4n) is 2.51. The highest BCUT2D eigenvalue weighted by atomic mass is 31.1. The number of hydrogen-bond donors (Lipinski definition) is 0. The SMILES string of the molecule is [3H]C1CC(O[P+](=O)O[C@@H]2CC([3H])O[C@@H]2CC)[C@@H](CO[Si](C)(C)C(C)(C)C)O1. The molecule has 0 amide bonds. The van der Waals surface area contributed by atoms with Crippen LogP contribution in [0.15, 0.2) is 0 Å². The molecule has 2 rings (SSSR count). The van der Waals surface area contributed by atoms with Crippen LogP contribution in [0, 0.1) is 0 Å². The van der Waals surface area contributed by atoms with Crippen LogP contribution in [0.2, 0.25) is 18.1 Å². The molecule has 0 aromatic carbocycles. The van der Waals surface area contributed by atoms with E-state index in [4.69, 9.17) is 25.7 Å². The van der Waals surface area contributed by atoms with Gasteiger partial charge in [-0.1, -0.05) is 27.7 Å². The highest BCUT2D eigenvalue weighted by Gasteiger charge is 2.44. The molecule has 2 fully saturated rings.